The quantitative estimate of drug-likeness (QED) is 0.361. The second-order valence-electron chi connectivity index (χ2n) is 8.08. The first-order valence-corrected chi connectivity index (χ1v) is 10.7. The van der Waals surface area contributed by atoms with Crippen molar-refractivity contribution in [3.8, 4) is 0 Å². The maximum absolute atomic E-state index is 12.0. The van der Waals surface area contributed by atoms with Crippen molar-refractivity contribution in [1.29, 1.82) is 0 Å². The van der Waals surface area contributed by atoms with Crippen LogP contribution in [0.25, 0.3) is 0 Å². The Morgan fingerprint density at radius 1 is 1.25 bits per heavy atom. The van der Waals surface area contributed by atoms with Gasteiger partial charge in [-0.1, -0.05) is 12.8 Å². The largest absolute Gasteiger partial charge is 0.459 e. The smallest absolute Gasteiger partial charge is 0.287 e. The molecule has 1 aromatic rings. The Hall–Kier alpha value is -2.02. The number of carbonyl (C=O) groups is 1. The highest BCUT2D eigenvalue weighted by atomic mass is 16.3. The molecule has 1 atom stereocenters. The van der Waals surface area contributed by atoms with Crippen LogP contribution in [0.5, 0.6) is 0 Å². The molecule has 7 heteroatoms. The van der Waals surface area contributed by atoms with Crippen LogP contribution in [-0.4, -0.2) is 62.6 Å². The number of guanidine groups is 1. The minimum atomic E-state index is -0.154. The van der Waals surface area contributed by atoms with Gasteiger partial charge in [0.2, 0.25) is 0 Å². The van der Waals surface area contributed by atoms with E-state index < -0.39 is 0 Å². The van der Waals surface area contributed by atoms with E-state index in [4.69, 9.17) is 4.42 Å². The van der Waals surface area contributed by atoms with Gasteiger partial charge in [-0.3, -0.25) is 9.79 Å². The number of rotatable bonds is 8. The summed E-state index contributed by atoms with van der Waals surface area (Å²) in [4.78, 5) is 18.9. The van der Waals surface area contributed by atoms with E-state index in [0.717, 1.165) is 37.0 Å². The summed E-state index contributed by atoms with van der Waals surface area (Å²) in [7, 11) is 1.81. The molecule has 1 unspecified atom stereocenters. The number of nitrogens with one attached hydrogen (secondary N) is 3. The van der Waals surface area contributed by atoms with Crippen molar-refractivity contribution < 1.29 is 9.21 Å². The van der Waals surface area contributed by atoms with E-state index in [9.17, 15) is 4.79 Å². The summed E-state index contributed by atoms with van der Waals surface area (Å²) in [6, 6.07) is 2.26. The van der Waals surface area contributed by atoms with Crippen molar-refractivity contribution in [2.45, 2.75) is 51.5 Å². The van der Waals surface area contributed by atoms with Gasteiger partial charge in [0.15, 0.2) is 11.7 Å². The fraction of sp³-hybridized carbons (Fsp3) is 0.714. The number of amides is 1. The average Bonchev–Trinajstić information content (AvgIpc) is 3.43. The molecule has 7 nitrogen and oxygen atoms in total. The predicted octanol–water partition coefficient (Wildman–Crippen LogP) is 2.14. The lowest BCUT2D eigenvalue weighted by Crippen LogP contribution is -2.45. The maximum Gasteiger partial charge on any atom is 0.287 e. The molecule has 156 valence electrons. The maximum atomic E-state index is 12.0. The first kappa shape index (κ1) is 20.7. The highest BCUT2D eigenvalue weighted by molar-refractivity contribution is 5.92. The van der Waals surface area contributed by atoms with Crippen LogP contribution in [0.1, 0.15) is 54.6 Å². The van der Waals surface area contributed by atoms with E-state index in [1.54, 1.807) is 12.3 Å². The molecule has 1 saturated carbocycles. The lowest BCUT2D eigenvalue weighted by molar-refractivity contribution is 0.0925. The fourth-order valence-electron chi connectivity index (χ4n) is 4.25. The standard InChI is InChI=1S/C21H35N5O2/c1-16-9-13-28-19(16)20(27)23-10-5-11-24-21(22-2)25-18-8-12-26(15-18)14-17-6-3-4-7-17/h9,13,17-18H,3-8,10-12,14-15H2,1-2H3,(H,23,27)(H2,22,24,25). The van der Waals surface area contributed by atoms with Gasteiger partial charge in [-0.2, -0.15) is 0 Å². The monoisotopic (exact) mass is 389 g/mol. The van der Waals surface area contributed by atoms with Gasteiger partial charge in [0.05, 0.1) is 6.26 Å². The minimum absolute atomic E-state index is 0.154. The lowest BCUT2D eigenvalue weighted by Gasteiger charge is -2.21. The van der Waals surface area contributed by atoms with Crippen LogP contribution < -0.4 is 16.0 Å². The van der Waals surface area contributed by atoms with Crippen LogP contribution in [-0.2, 0) is 0 Å². The number of nitrogens with zero attached hydrogens (tertiary/aromatic N) is 2. The zero-order valence-corrected chi connectivity index (χ0v) is 17.3. The fourth-order valence-corrected chi connectivity index (χ4v) is 4.25. The molecule has 0 bridgehead atoms. The van der Waals surface area contributed by atoms with Gasteiger partial charge in [0, 0.05) is 51.4 Å². The third kappa shape index (κ3) is 5.99. The summed E-state index contributed by atoms with van der Waals surface area (Å²) in [6.45, 7) is 6.78. The molecule has 1 aliphatic carbocycles. The van der Waals surface area contributed by atoms with E-state index in [-0.39, 0.29) is 5.91 Å². The third-order valence-electron chi connectivity index (χ3n) is 5.83. The molecule has 2 fully saturated rings. The number of likely N-dealkylation sites (tertiary alicyclic amines) is 1. The number of hydrogen-bond donors (Lipinski definition) is 3. The van der Waals surface area contributed by atoms with Crippen molar-refractivity contribution in [2.24, 2.45) is 10.9 Å². The molecule has 2 heterocycles. The molecular weight excluding hydrogens is 354 g/mol. The Balaban J connectivity index is 1.28. The topological polar surface area (TPSA) is 81.9 Å². The molecule has 1 aliphatic heterocycles. The second kappa shape index (κ2) is 10.5. The van der Waals surface area contributed by atoms with Crippen LogP contribution in [0.15, 0.2) is 21.7 Å². The SMILES string of the molecule is CN=C(NCCCNC(=O)c1occc1C)NC1CCN(CC2CCCC2)C1. The number of carbonyl (C=O) groups excluding carboxylic acids is 1. The molecule has 1 saturated heterocycles. The van der Waals surface area contributed by atoms with Gasteiger partial charge < -0.3 is 25.3 Å². The van der Waals surface area contributed by atoms with E-state index in [1.165, 1.54) is 45.2 Å². The summed E-state index contributed by atoms with van der Waals surface area (Å²) in [5.41, 5.74) is 0.860. The Morgan fingerprint density at radius 3 is 2.75 bits per heavy atom. The van der Waals surface area contributed by atoms with Crippen molar-refractivity contribution in [3.05, 3.63) is 23.7 Å². The van der Waals surface area contributed by atoms with Crippen LogP contribution >= 0.6 is 0 Å². The summed E-state index contributed by atoms with van der Waals surface area (Å²) < 4.78 is 5.20. The van der Waals surface area contributed by atoms with Gasteiger partial charge in [-0.15, -0.1) is 0 Å². The Morgan fingerprint density at radius 2 is 2.04 bits per heavy atom. The van der Waals surface area contributed by atoms with Crippen LogP contribution in [0, 0.1) is 12.8 Å². The van der Waals surface area contributed by atoms with Gasteiger partial charge in [-0.25, -0.2) is 0 Å². The zero-order valence-electron chi connectivity index (χ0n) is 17.3. The Kier molecular flexibility index (Phi) is 7.77. The van der Waals surface area contributed by atoms with E-state index in [2.05, 4.69) is 25.8 Å². The van der Waals surface area contributed by atoms with Crippen molar-refractivity contribution in [2.75, 3.05) is 39.8 Å². The number of hydrogen-bond acceptors (Lipinski definition) is 4. The zero-order chi connectivity index (χ0) is 19.8. The molecule has 3 rings (SSSR count). The van der Waals surface area contributed by atoms with Gasteiger partial charge in [-0.05, 0) is 44.6 Å². The molecular formula is C21H35N5O2. The van der Waals surface area contributed by atoms with Crippen molar-refractivity contribution in [1.82, 2.24) is 20.9 Å². The van der Waals surface area contributed by atoms with Gasteiger partial charge >= 0.3 is 0 Å². The third-order valence-corrected chi connectivity index (χ3v) is 5.83. The normalized spacial score (nSPS) is 21.2. The Labute approximate surface area is 168 Å². The van der Waals surface area contributed by atoms with Crippen LogP contribution in [0.4, 0.5) is 0 Å². The number of furan rings is 1. The number of aliphatic imine (C=N–C) groups is 1. The van der Waals surface area contributed by atoms with Crippen LogP contribution in [0.2, 0.25) is 0 Å². The molecule has 0 radical (unpaired) electrons. The summed E-state index contributed by atoms with van der Waals surface area (Å²) >= 11 is 0. The van der Waals surface area contributed by atoms with E-state index in [1.807, 2.05) is 14.0 Å². The summed E-state index contributed by atoms with van der Waals surface area (Å²) in [5, 5.41) is 9.79. The highest BCUT2D eigenvalue weighted by Crippen LogP contribution is 2.26. The minimum Gasteiger partial charge on any atom is -0.459 e. The molecule has 0 spiro atoms. The highest BCUT2D eigenvalue weighted by Gasteiger charge is 2.26. The lowest BCUT2D eigenvalue weighted by atomic mass is 10.1. The molecule has 2 aliphatic rings. The molecule has 1 amide bonds. The van der Waals surface area contributed by atoms with Crippen LogP contribution in [0.3, 0.4) is 0 Å². The van der Waals surface area contributed by atoms with Crippen molar-refractivity contribution in [3.63, 3.8) is 0 Å². The predicted molar refractivity (Wildman–Crippen MR) is 112 cm³/mol. The summed E-state index contributed by atoms with van der Waals surface area (Å²) in [6.07, 6.45) is 9.19. The average molecular weight is 390 g/mol. The van der Waals surface area contributed by atoms with Gasteiger partial charge in [0.25, 0.3) is 5.91 Å². The Bertz CT molecular complexity index is 651. The van der Waals surface area contributed by atoms with Crippen molar-refractivity contribution >= 4 is 11.9 Å². The van der Waals surface area contributed by atoms with E-state index >= 15 is 0 Å². The van der Waals surface area contributed by atoms with E-state index in [0.29, 0.717) is 18.3 Å². The molecule has 1 aromatic heterocycles. The first-order valence-electron chi connectivity index (χ1n) is 10.7. The first-order chi connectivity index (χ1) is 13.7. The summed E-state index contributed by atoms with van der Waals surface area (Å²) in [5.74, 6) is 2.00. The van der Waals surface area contributed by atoms with Gasteiger partial charge in [0.1, 0.15) is 0 Å². The molecule has 3 N–H and O–H groups in total. The molecule has 28 heavy (non-hydrogen) atoms. The second-order valence-corrected chi connectivity index (χ2v) is 8.08. The molecule has 0 aromatic carbocycles. The number of aryl methyl sites for hydroxylation is 1.